The van der Waals surface area contributed by atoms with Gasteiger partial charge in [-0.25, -0.2) is 0 Å². The summed E-state index contributed by atoms with van der Waals surface area (Å²) < 4.78 is 1.97. The predicted octanol–water partition coefficient (Wildman–Crippen LogP) is 4.41. The van der Waals surface area contributed by atoms with Crippen molar-refractivity contribution in [3.8, 4) is 11.5 Å². The van der Waals surface area contributed by atoms with Gasteiger partial charge in [0.05, 0.1) is 0 Å². The Bertz CT molecular complexity index is 603. The van der Waals surface area contributed by atoms with Gasteiger partial charge in [0.15, 0.2) is 0 Å². The number of rotatable bonds is 1. The van der Waals surface area contributed by atoms with Gasteiger partial charge in [-0.2, -0.15) is 0 Å². The molecule has 2 aromatic carbocycles. The third kappa shape index (κ3) is 12.9. The van der Waals surface area contributed by atoms with E-state index in [4.69, 9.17) is 10.2 Å². The Morgan fingerprint density at radius 3 is 1.29 bits per heavy atom. The second-order valence-electron chi connectivity index (χ2n) is 4.07. The molecule has 126 valence electrons. The summed E-state index contributed by atoms with van der Waals surface area (Å²) in [7, 11) is 0. The summed E-state index contributed by atoms with van der Waals surface area (Å²) in [5.74, 6) is 0.644. The van der Waals surface area contributed by atoms with Crippen LogP contribution in [-0.4, -0.2) is 19.5 Å². The van der Waals surface area contributed by atoms with E-state index in [2.05, 4.69) is 4.98 Å². The summed E-state index contributed by atoms with van der Waals surface area (Å²) >= 11 is 1.97. The van der Waals surface area contributed by atoms with Gasteiger partial charge in [0.1, 0.15) is 11.5 Å². The Balaban J connectivity index is 0. The van der Waals surface area contributed by atoms with Gasteiger partial charge in [-0.05, 0) is 24.3 Å². The van der Waals surface area contributed by atoms with E-state index in [0.717, 1.165) is 5.69 Å². The van der Waals surface area contributed by atoms with Gasteiger partial charge in [-0.3, -0.25) is 0 Å². The topological polar surface area (TPSA) is 53.4 Å². The first-order chi connectivity index (χ1) is 10.7. The molecule has 0 saturated heterocycles. The molecule has 0 radical (unpaired) electrons. The standard InChI is InChI=1S/C6H5N.2C6H6O.2ClH.Ti/c1-6-4-2-3-5-7-6;2*7-6-4-2-1-3-5-6;;;/h1-5H;2*1-5,7H;2*1H;. The van der Waals surface area contributed by atoms with E-state index in [9.17, 15) is 0 Å². The van der Waals surface area contributed by atoms with E-state index in [1.807, 2.05) is 54.6 Å². The van der Waals surface area contributed by atoms with E-state index < -0.39 is 0 Å². The predicted molar refractivity (Wildman–Crippen MR) is 100 cm³/mol. The fourth-order valence-electron chi connectivity index (χ4n) is 1.32. The molecule has 0 saturated carbocycles. The number of hydrogen-bond acceptors (Lipinski definition) is 3. The van der Waals surface area contributed by atoms with Crippen molar-refractivity contribution in [3.63, 3.8) is 0 Å². The van der Waals surface area contributed by atoms with Crippen molar-refractivity contribution in [1.82, 2.24) is 4.98 Å². The molecule has 0 bridgehead atoms. The van der Waals surface area contributed by atoms with Crippen LogP contribution in [0.15, 0.2) is 85.1 Å². The first-order valence-electron chi connectivity index (χ1n) is 6.62. The molecule has 0 aliphatic heterocycles. The number of para-hydroxylation sites is 2. The van der Waals surface area contributed by atoms with Crippen LogP contribution >= 0.6 is 24.8 Å². The Morgan fingerprint density at radius 2 is 1.08 bits per heavy atom. The summed E-state index contributed by atoms with van der Waals surface area (Å²) in [6.45, 7) is 0. The average molecular weight is 400 g/mol. The van der Waals surface area contributed by atoms with Gasteiger partial charge in [0.25, 0.3) is 0 Å². The SMILES string of the molecule is Cl.Cl.Oc1ccccc1.Oc1ccccc1.[Ti]=[CH]c1ccccn1. The molecule has 0 aliphatic carbocycles. The van der Waals surface area contributed by atoms with Crippen LogP contribution in [0.5, 0.6) is 11.5 Å². The molecule has 3 nitrogen and oxygen atoms in total. The Kier molecular flexibility index (Phi) is 16.6. The van der Waals surface area contributed by atoms with Crippen LogP contribution in [-0.2, 0) is 20.0 Å². The Labute approximate surface area is 166 Å². The zero-order chi connectivity index (χ0) is 16.0. The second-order valence-corrected chi connectivity index (χ2v) is 4.52. The van der Waals surface area contributed by atoms with E-state index in [1.54, 1.807) is 54.7 Å². The second kappa shape index (κ2) is 16.2. The maximum absolute atomic E-state index is 8.63. The zero-order valence-corrected chi connectivity index (χ0v) is 16.0. The molecule has 2 N–H and O–H groups in total. The Hall–Kier alpha value is -1.65. The van der Waals surface area contributed by atoms with Crippen LogP contribution in [0, 0.1) is 0 Å². The number of phenolic OH excluding ortho intramolecular Hbond substituents is 2. The molecular formula is C18H19Cl2NO2Ti. The molecule has 0 fully saturated rings. The number of halogens is 2. The number of hydrogen-bond donors (Lipinski definition) is 2. The molecule has 3 rings (SSSR count). The number of nitrogens with zero attached hydrogens (tertiary/aromatic N) is 1. The van der Waals surface area contributed by atoms with Gasteiger partial charge in [-0.15, -0.1) is 24.8 Å². The fourth-order valence-corrected chi connectivity index (χ4v) is 1.58. The van der Waals surface area contributed by atoms with Crippen LogP contribution in [0.25, 0.3) is 0 Å². The van der Waals surface area contributed by atoms with Gasteiger partial charge < -0.3 is 10.2 Å². The van der Waals surface area contributed by atoms with Crippen molar-refractivity contribution in [2.24, 2.45) is 0 Å². The van der Waals surface area contributed by atoms with Crippen LogP contribution < -0.4 is 0 Å². The molecule has 0 spiro atoms. The van der Waals surface area contributed by atoms with Gasteiger partial charge in [-0.1, -0.05) is 36.4 Å². The van der Waals surface area contributed by atoms with Crippen LogP contribution in [0.3, 0.4) is 0 Å². The number of aromatic hydroxyl groups is 2. The normalized spacial score (nSPS) is 7.79. The molecule has 1 aromatic heterocycles. The first kappa shape index (κ1) is 24.6. The zero-order valence-electron chi connectivity index (χ0n) is 12.8. The quantitative estimate of drug-likeness (QED) is 0.596. The minimum absolute atomic E-state index is 0. The van der Waals surface area contributed by atoms with Gasteiger partial charge in [0, 0.05) is 0 Å². The number of phenols is 2. The van der Waals surface area contributed by atoms with Crippen molar-refractivity contribution >= 4 is 29.1 Å². The summed E-state index contributed by atoms with van der Waals surface area (Å²) in [5.41, 5.74) is 1.03. The maximum atomic E-state index is 8.63. The monoisotopic (exact) mass is 399 g/mol. The van der Waals surface area contributed by atoms with E-state index in [0.29, 0.717) is 11.5 Å². The van der Waals surface area contributed by atoms with Crippen molar-refractivity contribution in [3.05, 3.63) is 90.8 Å². The third-order valence-corrected chi connectivity index (χ3v) is 2.81. The molecule has 0 atom stereocenters. The van der Waals surface area contributed by atoms with Crippen LogP contribution in [0.2, 0.25) is 0 Å². The van der Waals surface area contributed by atoms with E-state index >= 15 is 0 Å². The van der Waals surface area contributed by atoms with Crippen molar-refractivity contribution < 1.29 is 30.2 Å². The molecule has 0 aliphatic rings. The van der Waals surface area contributed by atoms with Gasteiger partial charge >= 0.3 is 59.4 Å². The summed E-state index contributed by atoms with van der Waals surface area (Å²) in [6.07, 6.45) is 1.79. The molecule has 6 heteroatoms. The molecule has 24 heavy (non-hydrogen) atoms. The molecule has 0 amide bonds. The molecule has 3 aromatic rings. The number of pyridine rings is 1. The van der Waals surface area contributed by atoms with Crippen molar-refractivity contribution in [2.75, 3.05) is 0 Å². The summed E-state index contributed by atoms with van der Waals surface area (Å²) in [5, 5.41) is 17.3. The molecule has 1 heterocycles. The van der Waals surface area contributed by atoms with E-state index in [-0.39, 0.29) is 24.8 Å². The molecule has 0 unspecified atom stereocenters. The van der Waals surface area contributed by atoms with Crippen LogP contribution in [0.1, 0.15) is 5.69 Å². The average Bonchev–Trinajstić information content (AvgIpc) is 2.58. The third-order valence-electron chi connectivity index (χ3n) is 2.35. The number of aromatic nitrogens is 1. The van der Waals surface area contributed by atoms with Gasteiger partial charge in [0.2, 0.25) is 0 Å². The van der Waals surface area contributed by atoms with Crippen LogP contribution in [0.4, 0.5) is 0 Å². The van der Waals surface area contributed by atoms with Crippen molar-refractivity contribution in [1.29, 1.82) is 0 Å². The Morgan fingerprint density at radius 1 is 0.667 bits per heavy atom. The summed E-state index contributed by atoms with van der Waals surface area (Å²) in [6, 6.07) is 23.3. The number of benzene rings is 2. The molecular weight excluding hydrogens is 381 g/mol. The van der Waals surface area contributed by atoms with E-state index in [1.165, 1.54) is 0 Å². The first-order valence-corrected chi connectivity index (χ1v) is 7.52. The minimum atomic E-state index is 0. The van der Waals surface area contributed by atoms with Crippen molar-refractivity contribution in [2.45, 2.75) is 0 Å². The summed E-state index contributed by atoms with van der Waals surface area (Å²) in [4.78, 5) is 4.04. The fraction of sp³-hybridized carbons (Fsp3) is 0.